The van der Waals surface area contributed by atoms with Gasteiger partial charge in [0.05, 0.1) is 12.0 Å². The van der Waals surface area contributed by atoms with Crippen LogP contribution in [0.4, 0.5) is 0 Å². The first-order valence-electron chi connectivity index (χ1n) is 10.4. The predicted octanol–water partition coefficient (Wildman–Crippen LogP) is 2.29. The fourth-order valence-corrected chi connectivity index (χ4v) is 4.32. The number of carbonyl (C=O) groups is 2. The van der Waals surface area contributed by atoms with Gasteiger partial charge < -0.3 is 20.3 Å². The Hall–Kier alpha value is -1.63. The summed E-state index contributed by atoms with van der Waals surface area (Å²) in [6, 6.07) is 8.21. The molecule has 0 radical (unpaired) electrons. The Morgan fingerprint density at radius 3 is 2.38 bits per heavy atom. The van der Waals surface area contributed by atoms with Crippen LogP contribution in [0.2, 0.25) is 0 Å². The summed E-state index contributed by atoms with van der Waals surface area (Å²) in [5.41, 5.74) is 1.92. The van der Waals surface area contributed by atoms with Crippen LogP contribution < -0.4 is 10.6 Å². The Bertz CT molecular complexity index is 661. The highest BCUT2D eigenvalue weighted by Crippen LogP contribution is 2.33. The van der Waals surface area contributed by atoms with Gasteiger partial charge in [-0.1, -0.05) is 29.8 Å². The van der Waals surface area contributed by atoms with Gasteiger partial charge in [0.2, 0.25) is 11.8 Å². The van der Waals surface area contributed by atoms with E-state index in [1.807, 2.05) is 17.0 Å². The molecule has 3 rings (SSSR count). The van der Waals surface area contributed by atoms with Crippen molar-refractivity contribution in [2.45, 2.75) is 39.2 Å². The minimum absolute atomic E-state index is 0. The highest BCUT2D eigenvalue weighted by atomic mass is 35.5. The fraction of sp³-hybridized carbons (Fsp3) is 0.636. The predicted molar refractivity (Wildman–Crippen MR) is 116 cm³/mol. The highest BCUT2D eigenvalue weighted by Gasteiger charge is 2.43. The zero-order valence-electron chi connectivity index (χ0n) is 17.5. The van der Waals surface area contributed by atoms with Gasteiger partial charge in [-0.25, -0.2) is 0 Å². The van der Waals surface area contributed by atoms with E-state index in [2.05, 4.69) is 29.7 Å². The van der Waals surface area contributed by atoms with Gasteiger partial charge in [-0.05, 0) is 51.3 Å². The lowest BCUT2D eigenvalue weighted by atomic mass is 9.77. The lowest BCUT2D eigenvalue weighted by Crippen LogP contribution is -2.54. The number of hydrogen-bond donors (Lipinski definition) is 2. The monoisotopic (exact) mass is 423 g/mol. The molecule has 2 N–H and O–H groups in total. The van der Waals surface area contributed by atoms with Crippen molar-refractivity contribution in [2.24, 2.45) is 11.3 Å². The quantitative estimate of drug-likeness (QED) is 0.736. The second-order valence-corrected chi connectivity index (χ2v) is 8.23. The van der Waals surface area contributed by atoms with Crippen LogP contribution in [0, 0.1) is 18.3 Å². The van der Waals surface area contributed by atoms with Gasteiger partial charge in [0, 0.05) is 32.7 Å². The zero-order chi connectivity index (χ0) is 20.0. The van der Waals surface area contributed by atoms with E-state index in [-0.39, 0.29) is 30.1 Å². The van der Waals surface area contributed by atoms with E-state index in [0.717, 1.165) is 44.3 Å². The summed E-state index contributed by atoms with van der Waals surface area (Å²) >= 11 is 0. The van der Waals surface area contributed by atoms with Crippen molar-refractivity contribution >= 4 is 24.2 Å². The number of nitrogens with zero attached hydrogens (tertiary/aromatic N) is 1. The van der Waals surface area contributed by atoms with Crippen molar-refractivity contribution in [3.63, 3.8) is 0 Å². The number of ether oxygens (including phenoxy) is 1. The maximum Gasteiger partial charge on any atom is 0.231 e. The molecule has 2 fully saturated rings. The molecule has 0 bridgehead atoms. The van der Waals surface area contributed by atoms with Gasteiger partial charge in [-0.3, -0.25) is 9.59 Å². The van der Waals surface area contributed by atoms with E-state index in [4.69, 9.17) is 4.74 Å². The molecule has 0 aliphatic carbocycles. The fourth-order valence-electron chi connectivity index (χ4n) is 4.32. The zero-order valence-corrected chi connectivity index (χ0v) is 18.4. The number of rotatable bonds is 6. The molecule has 0 spiro atoms. The maximum absolute atomic E-state index is 13.2. The number of carbonyl (C=O) groups excluding carboxylic acids is 2. The third kappa shape index (κ3) is 5.93. The number of hydrogen-bond acceptors (Lipinski definition) is 4. The Balaban J connectivity index is 0.00000300. The number of benzene rings is 1. The van der Waals surface area contributed by atoms with Gasteiger partial charge in [0.15, 0.2) is 0 Å². The molecule has 29 heavy (non-hydrogen) atoms. The molecule has 2 aliphatic heterocycles. The van der Waals surface area contributed by atoms with Crippen LogP contribution in [0.25, 0.3) is 0 Å². The topological polar surface area (TPSA) is 70.7 Å². The normalized spacial score (nSPS) is 19.3. The Morgan fingerprint density at radius 1 is 1.17 bits per heavy atom. The van der Waals surface area contributed by atoms with Gasteiger partial charge in [0.25, 0.3) is 0 Å². The number of amides is 2. The molecule has 6 nitrogen and oxygen atoms in total. The maximum atomic E-state index is 13.2. The van der Waals surface area contributed by atoms with Crippen molar-refractivity contribution in [3.05, 3.63) is 35.4 Å². The third-order valence-corrected chi connectivity index (χ3v) is 6.18. The number of nitrogens with one attached hydrogen (secondary N) is 2. The summed E-state index contributed by atoms with van der Waals surface area (Å²) in [5, 5.41) is 6.38. The molecule has 2 saturated heterocycles. The van der Waals surface area contributed by atoms with Crippen LogP contribution in [0.3, 0.4) is 0 Å². The molecular formula is C22H34ClN3O3. The summed E-state index contributed by atoms with van der Waals surface area (Å²) in [4.78, 5) is 27.7. The van der Waals surface area contributed by atoms with Gasteiger partial charge in [-0.15, -0.1) is 12.4 Å². The third-order valence-electron chi connectivity index (χ3n) is 6.18. The molecule has 1 aromatic rings. The number of piperidine rings is 2. The number of likely N-dealkylation sites (tertiary alicyclic amines) is 1. The number of halogens is 1. The Kier molecular flexibility index (Phi) is 8.93. The summed E-state index contributed by atoms with van der Waals surface area (Å²) in [7, 11) is 1.67. The summed E-state index contributed by atoms with van der Waals surface area (Å²) < 4.78 is 5.40. The molecular weight excluding hydrogens is 390 g/mol. The van der Waals surface area contributed by atoms with Crippen LogP contribution in [0.5, 0.6) is 0 Å². The minimum atomic E-state index is -0.402. The minimum Gasteiger partial charge on any atom is -0.384 e. The molecule has 2 aliphatic rings. The SMILES string of the molecule is COCC1(C(=O)N2CCC(C(=O)NCc3ccc(C)cc3)CC2)CCNCC1.Cl. The molecule has 0 saturated carbocycles. The van der Waals surface area contributed by atoms with Crippen molar-refractivity contribution in [1.82, 2.24) is 15.5 Å². The van der Waals surface area contributed by atoms with Crippen LogP contribution in [0.15, 0.2) is 24.3 Å². The second-order valence-electron chi connectivity index (χ2n) is 8.23. The van der Waals surface area contributed by atoms with E-state index >= 15 is 0 Å². The van der Waals surface area contributed by atoms with Crippen LogP contribution >= 0.6 is 12.4 Å². The van der Waals surface area contributed by atoms with E-state index in [1.54, 1.807) is 7.11 Å². The molecule has 0 atom stereocenters. The van der Waals surface area contributed by atoms with E-state index in [9.17, 15) is 9.59 Å². The van der Waals surface area contributed by atoms with Crippen molar-refractivity contribution in [2.75, 3.05) is 39.9 Å². The lowest BCUT2D eigenvalue weighted by molar-refractivity contribution is -0.150. The van der Waals surface area contributed by atoms with E-state index in [0.29, 0.717) is 26.2 Å². The van der Waals surface area contributed by atoms with E-state index < -0.39 is 5.41 Å². The van der Waals surface area contributed by atoms with Crippen molar-refractivity contribution in [3.8, 4) is 0 Å². The lowest BCUT2D eigenvalue weighted by Gasteiger charge is -2.41. The van der Waals surface area contributed by atoms with Gasteiger partial charge in [-0.2, -0.15) is 0 Å². The number of methoxy groups -OCH3 is 1. The van der Waals surface area contributed by atoms with E-state index in [1.165, 1.54) is 5.56 Å². The van der Waals surface area contributed by atoms with Crippen LogP contribution in [0.1, 0.15) is 36.8 Å². The van der Waals surface area contributed by atoms with Gasteiger partial charge in [0.1, 0.15) is 0 Å². The largest absolute Gasteiger partial charge is 0.384 e. The molecule has 1 aromatic carbocycles. The molecule has 0 aromatic heterocycles. The first kappa shape index (κ1) is 23.6. The Labute approximate surface area is 180 Å². The molecule has 0 unspecified atom stereocenters. The van der Waals surface area contributed by atoms with Crippen LogP contribution in [-0.4, -0.2) is 56.6 Å². The van der Waals surface area contributed by atoms with Gasteiger partial charge >= 0.3 is 0 Å². The summed E-state index contributed by atoms with van der Waals surface area (Å²) in [6.07, 6.45) is 3.09. The first-order chi connectivity index (χ1) is 13.5. The molecule has 2 amide bonds. The number of aryl methyl sites for hydroxylation is 1. The Morgan fingerprint density at radius 2 is 1.79 bits per heavy atom. The highest BCUT2D eigenvalue weighted by molar-refractivity contribution is 5.85. The molecule has 2 heterocycles. The van der Waals surface area contributed by atoms with Crippen molar-refractivity contribution in [1.29, 1.82) is 0 Å². The first-order valence-corrected chi connectivity index (χ1v) is 10.4. The second kappa shape index (κ2) is 11.0. The summed E-state index contributed by atoms with van der Waals surface area (Å²) in [6.45, 7) is 6.10. The van der Waals surface area contributed by atoms with Crippen molar-refractivity contribution < 1.29 is 14.3 Å². The molecule has 162 valence electrons. The standard InChI is InChI=1S/C22H33N3O3.ClH/c1-17-3-5-18(6-4-17)15-24-20(26)19-7-13-25(14-8-19)21(27)22(16-28-2)9-11-23-12-10-22;/h3-6,19,23H,7-16H2,1-2H3,(H,24,26);1H. The summed E-state index contributed by atoms with van der Waals surface area (Å²) in [5.74, 6) is 0.288. The van der Waals surface area contributed by atoms with Crippen LogP contribution in [-0.2, 0) is 20.9 Å². The average molecular weight is 424 g/mol. The smallest absolute Gasteiger partial charge is 0.231 e. The average Bonchev–Trinajstić information content (AvgIpc) is 2.73. The molecule has 7 heteroatoms.